The van der Waals surface area contributed by atoms with Crippen molar-refractivity contribution in [2.75, 3.05) is 6.61 Å². The molecule has 0 aliphatic heterocycles. The van der Waals surface area contributed by atoms with Gasteiger partial charge in [0.2, 0.25) is 0 Å². The van der Waals surface area contributed by atoms with Crippen molar-refractivity contribution in [2.24, 2.45) is 0 Å². The van der Waals surface area contributed by atoms with E-state index in [9.17, 15) is 0 Å². The topological polar surface area (TPSA) is 21.3 Å². The van der Waals surface area contributed by atoms with Gasteiger partial charge in [-0.1, -0.05) is 90.5 Å². The quantitative estimate of drug-likeness (QED) is 0.400. The Balaban J connectivity index is 1.48. The van der Waals surface area contributed by atoms with Crippen molar-refractivity contribution in [3.63, 3.8) is 0 Å². The average molecular weight is 382 g/mol. The first-order valence-electron chi connectivity index (χ1n) is 10.2. The van der Waals surface area contributed by atoms with Crippen molar-refractivity contribution in [1.29, 1.82) is 0 Å². The van der Waals surface area contributed by atoms with Gasteiger partial charge >= 0.3 is 0 Å². The second-order valence-corrected chi connectivity index (χ2v) is 7.44. The minimum absolute atomic E-state index is 0.674. The second-order valence-electron chi connectivity index (χ2n) is 7.44. The number of fused-ring (bicyclic) bond motifs is 1. The Bertz CT molecular complexity index is 1050. The molecule has 2 nitrogen and oxygen atoms in total. The summed E-state index contributed by atoms with van der Waals surface area (Å²) in [5, 5.41) is 6.09. The van der Waals surface area contributed by atoms with Gasteiger partial charge in [-0.3, -0.25) is 0 Å². The molecule has 0 fully saturated rings. The summed E-state index contributed by atoms with van der Waals surface area (Å²) in [5.41, 5.74) is 5.11. The highest BCUT2D eigenvalue weighted by atomic mass is 16.5. The number of aryl methyl sites for hydroxylation is 1. The van der Waals surface area contributed by atoms with Crippen LogP contribution in [0.5, 0.6) is 5.75 Å². The van der Waals surface area contributed by atoms with Crippen LogP contribution in [0.2, 0.25) is 0 Å². The molecule has 4 aromatic carbocycles. The second kappa shape index (κ2) is 9.40. The van der Waals surface area contributed by atoms with Gasteiger partial charge in [0.25, 0.3) is 0 Å². The summed E-state index contributed by atoms with van der Waals surface area (Å²) in [6.07, 6.45) is 0.907. The van der Waals surface area contributed by atoms with E-state index in [1.54, 1.807) is 0 Å². The molecule has 4 rings (SSSR count). The van der Waals surface area contributed by atoms with Crippen molar-refractivity contribution in [3.05, 3.63) is 113 Å². The first-order valence-corrected chi connectivity index (χ1v) is 10.2. The average Bonchev–Trinajstić information content (AvgIpc) is 2.77. The van der Waals surface area contributed by atoms with Crippen LogP contribution in [0.25, 0.3) is 10.8 Å². The molecule has 0 bridgehead atoms. The summed E-state index contributed by atoms with van der Waals surface area (Å²) in [6.45, 7) is 4.41. The van der Waals surface area contributed by atoms with Crippen LogP contribution in [0.1, 0.15) is 22.3 Å². The van der Waals surface area contributed by atoms with Crippen LogP contribution < -0.4 is 10.1 Å². The molecule has 0 aliphatic rings. The maximum atomic E-state index is 6.23. The van der Waals surface area contributed by atoms with E-state index in [4.69, 9.17) is 4.74 Å². The highest BCUT2D eigenvalue weighted by Gasteiger charge is 2.09. The third-order valence-electron chi connectivity index (χ3n) is 5.24. The number of hydrogen-bond donors (Lipinski definition) is 1. The number of hydrogen-bond acceptors (Lipinski definition) is 2. The lowest BCUT2D eigenvalue weighted by Crippen LogP contribution is -2.14. The van der Waals surface area contributed by atoms with Gasteiger partial charge in [0, 0.05) is 25.1 Å². The van der Waals surface area contributed by atoms with E-state index in [0.29, 0.717) is 6.61 Å². The van der Waals surface area contributed by atoms with Crippen LogP contribution in [-0.2, 0) is 19.5 Å². The number of rotatable bonds is 8. The third kappa shape index (κ3) is 5.04. The van der Waals surface area contributed by atoms with Gasteiger partial charge in [-0.05, 0) is 34.9 Å². The van der Waals surface area contributed by atoms with Gasteiger partial charge in [-0.2, -0.15) is 0 Å². The lowest BCUT2D eigenvalue weighted by molar-refractivity contribution is 0.318. The van der Waals surface area contributed by atoms with E-state index < -0.39 is 0 Å². The third-order valence-corrected chi connectivity index (χ3v) is 5.24. The molecule has 29 heavy (non-hydrogen) atoms. The van der Waals surface area contributed by atoms with Crippen molar-refractivity contribution >= 4 is 10.8 Å². The van der Waals surface area contributed by atoms with Crippen molar-refractivity contribution in [3.8, 4) is 5.75 Å². The normalized spacial score (nSPS) is 10.9. The maximum absolute atomic E-state index is 6.23. The Morgan fingerprint density at radius 2 is 1.45 bits per heavy atom. The molecule has 0 heterocycles. The standard InChI is InChI=1S/C27H27NO/c1-21-11-13-23(14-12-21)19-28-20-26-25-10-6-5-9-24(25)15-16-27(26)29-18-17-22-7-3-2-4-8-22/h2-16,28H,17-20H2,1H3. The van der Waals surface area contributed by atoms with Crippen LogP contribution in [0, 0.1) is 6.92 Å². The fourth-order valence-corrected chi connectivity index (χ4v) is 3.59. The lowest BCUT2D eigenvalue weighted by atomic mass is 10.0. The van der Waals surface area contributed by atoms with E-state index in [-0.39, 0.29) is 0 Å². The SMILES string of the molecule is Cc1ccc(CNCc2c(OCCc3ccccc3)ccc3ccccc23)cc1. The predicted molar refractivity (Wildman–Crippen MR) is 121 cm³/mol. The van der Waals surface area contributed by atoms with Crippen LogP contribution in [0.3, 0.4) is 0 Å². The molecule has 0 saturated heterocycles. The van der Waals surface area contributed by atoms with Crippen LogP contribution >= 0.6 is 0 Å². The van der Waals surface area contributed by atoms with Crippen LogP contribution in [0.4, 0.5) is 0 Å². The fourth-order valence-electron chi connectivity index (χ4n) is 3.59. The zero-order chi connectivity index (χ0) is 19.9. The maximum Gasteiger partial charge on any atom is 0.124 e. The van der Waals surface area contributed by atoms with E-state index in [1.807, 2.05) is 6.07 Å². The van der Waals surface area contributed by atoms with Gasteiger partial charge < -0.3 is 10.1 Å². The zero-order valence-corrected chi connectivity index (χ0v) is 16.9. The zero-order valence-electron chi connectivity index (χ0n) is 16.9. The molecular formula is C27H27NO. The first kappa shape index (κ1) is 19.2. The largest absolute Gasteiger partial charge is 0.493 e. The Hall–Kier alpha value is -3.10. The van der Waals surface area contributed by atoms with Gasteiger partial charge in [0.1, 0.15) is 5.75 Å². The van der Waals surface area contributed by atoms with Gasteiger partial charge in [0.05, 0.1) is 6.61 Å². The Morgan fingerprint density at radius 1 is 0.690 bits per heavy atom. The Labute approximate surface area is 173 Å². The molecule has 0 aliphatic carbocycles. The molecule has 146 valence electrons. The summed E-state index contributed by atoms with van der Waals surface area (Å²) in [4.78, 5) is 0. The lowest BCUT2D eigenvalue weighted by Gasteiger charge is -2.15. The van der Waals surface area contributed by atoms with E-state index in [0.717, 1.165) is 25.3 Å². The minimum atomic E-state index is 0.674. The summed E-state index contributed by atoms with van der Waals surface area (Å²) >= 11 is 0. The minimum Gasteiger partial charge on any atom is -0.493 e. The molecular weight excluding hydrogens is 354 g/mol. The predicted octanol–water partition coefficient (Wildman–Crippen LogP) is 6.06. The molecule has 2 heteroatoms. The van der Waals surface area contributed by atoms with Gasteiger partial charge in [-0.15, -0.1) is 0 Å². The smallest absolute Gasteiger partial charge is 0.124 e. The number of nitrogens with one attached hydrogen (secondary N) is 1. The van der Waals surface area contributed by atoms with E-state index in [2.05, 4.69) is 97.2 Å². The molecule has 0 atom stereocenters. The van der Waals surface area contributed by atoms with E-state index >= 15 is 0 Å². The van der Waals surface area contributed by atoms with Crippen molar-refractivity contribution in [2.45, 2.75) is 26.4 Å². The highest BCUT2D eigenvalue weighted by molar-refractivity contribution is 5.87. The molecule has 4 aromatic rings. The number of ether oxygens (including phenoxy) is 1. The fraction of sp³-hybridized carbons (Fsp3) is 0.185. The summed E-state index contributed by atoms with van der Waals surface area (Å²) in [6, 6.07) is 32.0. The van der Waals surface area contributed by atoms with E-state index in [1.165, 1.54) is 33.0 Å². The molecule has 0 radical (unpaired) electrons. The summed E-state index contributed by atoms with van der Waals surface area (Å²) < 4.78 is 6.23. The van der Waals surface area contributed by atoms with Crippen molar-refractivity contribution in [1.82, 2.24) is 5.32 Å². The van der Waals surface area contributed by atoms with Gasteiger partial charge in [0.15, 0.2) is 0 Å². The first-order chi connectivity index (χ1) is 14.3. The van der Waals surface area contributed by atoms with Crippen LogP contribution in [-0.4, -0.2) is 6.61 Å². The number of benzene rings is 4. The molecule has 0 unspecified atom stereocenters. The Morgan fingerprint density at radius 3 is 2.28 bits per heavy atom. The molecule has 0 aromatic heterocycles. The van der Waals surface area contributed by atoms with Crippen LogP contribution in [0.15, 0.2) is 91.0 Å². The molecule has 0 amide bonds. The molecule has 0 spiro atoms. The Kier molecular flexibility index (Phi) is 6.23. The summed E-state index contributed by atoms with van der Waals surface area (Å²) in [7, 11) is 0. The van der Waals surface area contributed by atoms with Gasteiger partial charge in [-0.25, -0.2) is 0 Å². The molecule has 0 saturated carbocycles. The molecule has 1 N–H and O–H groups in total. The van der Waals surface area contributed by atoms with Crippen molar-refractivity contribution < 1.29 is 4.74 Å². The highest BCUT2D eigenvalue weighted by Crippen LogP contribution is 2.28. The monoisotopic (exact) mass is 381 g/mol. The summed E-state index contributed by atoms with van der Waals surface area (Å²) in [5.74, 6) is 0.969.